The molecule has 2 rings (SSSR count). The molecule has 0 fully saturated rings. The fourth-order valence-corrected chi connectivity index (χ4v) is 7.45. The molecule has 10 heteroatoms. The number of amides is 1. The summed E-state index contributed by atoms with van der Waals surface area (Å²) in [5.74, 6) is 1.73. The van der Waals surface area contributed by atoms with E-state index in [1.807, 2.05) is 45.0 Å². The minimum absolute atomic E-state index is 0.114. The number of hydrogen-bond acceptors (Lipinski definition) is 8. The molecule has 0 heterocycles. The van der Waals surface area contributed by atoms with Gasteiger partial charge in [-0.05, 0) is 81.8 Å². The van der Waals surface area contributed by atoms with Gasteiger partial charge in [-0.25, -0.2) is 4.79 Å². The highest BCUT2D eigenvalue weighted by atomic mass is 28.4. The van der Waals surface area contributed by atoms with Crippen molar-refractivity contribution in [1.29, 1.82) is 0 Å². The van der Waals surface area contributed by atoms with E-state index in [2.05, 4.69) is 36.5 Å². The van der Waals surface area contributed by atoms with Crippen LogP contribution in [0.15, 0.2) is 48.5 Å². The van der Waals surface area contributed by atoms with Crippen LogP contribution in [0.25, 0.3) is 11.1 Å². The first kappa shape index (κ1) is 38.5. The largest absolute Gasteiger partial charge is 0.500 e. The van der Waals surface area contributed by atoms with Crippen molar-refractivity contribution < 1.29 is 37.0 Å². The number of alkyl carbamates (subject to hydrolysis) is 1. The first-order valence-electron chi connectivity index (χ1n) is 16.8. The van der Waals surface area contributed by atoms with Crippen LogP contribution in [0.1, 0.15) is 79.1 Å². The smallest absolute Gasteiger partial charge is 0.494 e. The van der Waals surface area contributed by atoms with Gasteiger partial charge < -0.3 is 37.5 Å². The van der Waals surface area contributed by atoms with Crippen molar-refractivity contribution in [3.8, 4) is 22.6 Å². The van der Waals surface area contributed by atoms with E-state index in [9.17, 15) is 4.79 Å². The summed E-state index contributed by atoms with van der Waals surface area (Å²) < 4.78 is 40.0. The third-order valence-electron chi connectivity index (χ3n) is 7.33. The summed E-state index contributed by atoms with van der Waals surface area (Å²) in [6.45, 7) is 11.8. The van der Waals surface area contributed by atoms with E-state index in [-0.39, 0.29) is 12.2 Å². The molecule has 1 unspecified atom stereocenters. The Morgan fingerprint density at radius 1 is 0.689 bits per heavy atom. The van der Waals surface area contributed by atoms with Crippen LogP contribution in [-0.4, -0.2) is 74.3 Å². The van der Waals surface area contributed by atoms with Crippen LogP contribution in [0, 0.1) is 0 Å². The van der Waals surface area contributed by atoms with Gasteiger partial charge in [-0.15, -0.1) is 0 Å². The fourth-order valence-electron chi connectivity index (χ4n) is 4.84. The first-order chi connectivity index (χ1) is 22.0. The maximum atomic E-state index is 12.0. The molecule has 0 bridgehead atoms. The molecule has 45 heavy (non-hydrogen) atoms. The molecule has 0 radical (unpaired) electrons. The lowest BCUT2D eigenvalue weighted by atomic mass is 10.1. The van der Waals surface area contributed by atoms with E-state index in [1.165, 1.54) is 0 Å². The second-order valence-electron chi connectivity index (χ2n) is 10.7. The number of ether oxygens (including phenoxy) is 4. The molecule has 2 aromatic rings. The third kappa shape index (κ3) is 16.0. The lowest BCUT2D eigenvalue weighted by Crippen LogP contribution is -2.46. The van der Waals surface area contributed by atoms with Gasteiger partial charge in [-0.1, -0.05) is 56.9 Å². The van der Waals surface area contributed by atoms with Gasteiger partial charge in [0.25, 0.3) is 0 Å². The second-order valence-corrected chi connectivity index (χ2v) is 13.5. The number of unbranched alkanes of at least 4 members (excludes halogenated alkanes) is 5. The van der Waals surface area contributed by atoms with Crippen LogP contribution in [0.2, 0.25) is 6.04 Å². The SMILES string of the molecule is CCO[Si](CCCNC(=O)OCCCCCCCCOc1ccc(-c2ccc(OCC(CC)OC)cc2)cc1)(OCC)OCC. The Morgan fingerprint density at radius 3 is 1.71 bits per heavy atom. The molecule has 1 amide bonds. The van der Waals surface area contributed by atoms with Crippen LogP contribution in [-0.2, 0) is 22.8 Å². The molecular formula is C35H57NO8Si. The van der Waals surface area contributed by atoms with Gasteiger partial charge in [0.15, 0.2) is 0 Å². The molecule has 0 spiro atoms. The Kier molecular flexibility index (Phi) is 20.3. The molecule has 0 saturated heterocycles. The van der Waals surface area contributed by atoms with Crippen molar-refractivity contribution in [2.45, 2.75) is 91.2 Å². The van der Waals surface area contributed by atoms with Crippen molar-refractivity contribution >= 4 is 14.9 Å². The Morgan fingerprint density at radius 2 is 1.20 bits per heavy atom. The lowest BCUT2D eigenvalue weighted by molar-refractivity contribution is 0.0556. The molecule has 0 saturated carbocycles. The summed E-state index contributed by atoms with van der Waals surface area (Å²) in [5.41, 5.74) is 2.28. The Bertz CT molecular complexity index is 1000. The number of rotatable bonds is 26. The van der Waals surface area contributed by atoms with Gasteiger partial charge in [0.05, 0.1) is 19.3 Å². The van der Waals surface area contributed by atoms with E-state index < -0.39 is 8.80 Å². The molecular weight excluding hydrogens is 590 g/mol. The summed E-state index contributed by atoms with van der Waals surface area (Å²) in [6.07, 6.45) is 7.69. The number of hydrogen-bond donors (Lipinski definition) is 1. The zero-order chi connectivity index (χ0) is 32.6. The highest BCUT2D eigenvalue weighted by Crippen LogP contribution is 2.25. The summed E-state index contributed by atoms with van der Waals surface area (Å²) in [5, 5.41) is 2.82. The van der Waals surface area contributed by atoms with E-state index in [0.29, 0.717) is 52.2 Å². The number of benzene rings is 2. The molecule has 2 aromatic carbocycles. The molecule has 1 atom stereocenters. The molecule has 9 nitrogen and oxygen atoms in total. The zero-order valence-corrected chi connectivity index (χ0v) is 29.3. The van der Waals surface area contributed by atoms with E-state index in [4.69, 9.17) is 32.2 Å². The number of carbonyl (C=O) groups excluding carboxylic acids is 1. The quantitative estimate of drug-likeness (QED) is 0.0810. The van der Waals surface area contributed by atoms with Crippen molar-refractivity contribution in [3.05, 3.63) is 48.5 Å². The Hall–Kier alpha value is -2.63. The Labute approximate surface area is 272 Å². The average molecular weight is 648 g/mol. The van der Waals surface area contributed by atoms with Crippen molar-refractivity contribution in [2.24, 2.45) is 0 Å². The molecule has 0 aliphatic heterocycles. The van der Waals surface area contributed by atoms with Gasteiger partial charge in [-0.3, -0.25) is 0 Å². The highest BCUT2D eigenvalue weighted by molar-refractivity contribution is 6.60. The molecule has 0 aliphatic rings. The van der Waals surface area contributed by atoms with Crippen molar-refractivity contribution in [1.82, 2.24) is 5.32 Å². The molecule has 0 aliphatic carbocycles. The zero-order valence-electron chi connectivity index (χ0n) is 28.3. The summed E-state index contributed by atoms with van der Waals surface area (Å²) >= 11 is 0. The second kappa shape index (κ2) is 23.7. The fraction of sp³-hybridized carbons (Fsp3) is 0.629. The van der Waals surface area contributed by atoms with E-state index >= 15 is 0 Å². The summed E-state index contributed by atoms with van der Waals surface area (Å²) in [7, 11) is -0.951. The van der Waals surface area contributed by atoms with Crippen LogP contribution in [0.4, 0.5) is 4.79 Å². The number of nitrogens with one attached hydrogen (secondary N) is 1. The van der Waals surface area contributed by atoms with Crippen molar-refractivity contribution in [3.63, 3.8) is 0 Å². The topological polar surface area (TPSA) is 93.7 Å². The molecule has 0 aromatic heterocycles. The van der Waals surface area contributed by atoms with Crippen LogP contribution >= 0.6 is 0 Å². The highest BCUT2D eigenvalue weighted by Gasteiger charge is 2.39. The minimum Gasteiger partial charge on any atom is -0.494 e. The standard InChI is InChI=1S/C35H57NO8Si/c1-6-32(38-5)29-41-34-23-19-31(20-24-34)30-17-21-33(22-18-30)39-26-14-12-10-11-13-15-27-40-35(37)36-25-16-28-45(42-7-2,43-8-3)44-9-4/h17-24,32H,6-16,25-29H2,1-5H3,(H,36,37). The monoisotopic (exact) mass is 647 g/mol. The summed E-state index contributed by atoms with van der Waals surface area (Å²) in [6, 6.07) is 17.0. The minimum atomic E-state index is -2.67. The Balaban J connectivity index is 1.49. The maximum Gasteiger partial charge on any atom is 0.500 e. The van der Waals surface area contributed by atoms with E-state index in [0.717, 1.165) is 74.0 Å². The van der Waals surface area contributed by atoms with Gasteiger partial charge in [0.1, 0.15) is 18.1 Å². The van der Waals surface area contributed by atoms with Gasteiger partial charge in [-0.2, -0.15) is 0 Å². The van der Waals surface area contributed by atoms with Gasteiger partial charge in [0.2, 0.25) is 0 Å². The number of carbonyl (C=O) groups is 1. The normalized spacial score (nSPS) is 12.1. The third-order valence-corrected chi connectivity index (χ3v) is 10.5. The van der Waals surface area contributed by atoms with Gasteiger partial charge >= 0.3 is 14.9 Å². The van der Waals surface area contributed by atoms with Crippen LogP contribution < -0.4 is 14.8 Å². The average Bonchev–Trinajstić information content (AvgIpc) is 3.05. The van der Waals surface area contributed by atoms with Crippen molar-refractivity contribution in [2.75, 3.05) is 53.3 Å². The predicted molar refractivity (Wildman–Crippen MR) is 181 cm³/mol. The van der Waals surface area contributed by atoms with E-state index in [1.54, 1.807) is 7.11 Å². The molecule has 254 valence electrons. The van der Waals surface area contributed by atoms with Gasteiger partial charge in [0, 0.05) is 39.5 Å². The number of methoxy groups -OCH3 is 1. The summed E-state index contributed by atoms with van der Waals surface area (Å²) in [4.78, 5) is 12.0. The van der Waals surface area contributed by atoms with Crippen LogP contribution in [0.3, 0.4) is 0 Å². The van der Waals surface area contributed by atoms with Crippen LogP contribution in [0.5, 0.6) is 11.5 Å². The lowest BCUT2D eigenvalue weighted by Gasteiger charge is -2.28. The first-order valence-corrected chi connectivity index (χ1v) is 18.7. The maximum absolute atomic E-state index is 12.0. The predicted octanol–water partition coefficient (Wildman–Crippen LogP) is 8.04. The molecule has 1 N–H and O–H groups in total.